The molecule has 82 valence electrons. The van der Waals surface area contributed by atoms with E-state index < -0.39 is 8.07 Å². The summed E-state index contributed by atoms with van der Waals surface area (Å²) < 4.78 is 0. The predicted molar refractivity (Wildman–Crippen MR) is 70.0 cm³/mol. The van der Waals surface area contributed by atoms with Crippen molar-refractivity contribution in [1.82, 2.24) is 0 Å². The molecule has 0 amide bonds. The van der Waals surface area contributed by atoms with Crippen LogP contribution in [-0.2, 0) is 0 Å². The van der Waals surface area contributed by atoms with Crippen molar-refractivity contribution in [1.29, 1.82) is 0 Å². The van der Waals surface area contributed by atoms with Crippen molar-refractivity contribution in [3.8, 4) is 24.2 Å². The fourth-order valence-corrected chi connectivity index (χ4v) is 1.85. The molecule has 15 heavy (non-hydrogen) atoms. The lowest BCUT2D eigenvalue weighted by molar-refractivity contribution is 0.783. The fraction of sp³-hybridized carbons (Fsp3) is 0.583. The van der Waals surface area contributed by atoms with E-state index in [1.165, 1.54) is 0 Å². The molecule has 0 aromatic carbocycles. The van der Waals surface area contributed by atoms with Crippen molar-refractivity contribution >= 4 is 13.4 Å². The summed E-state index contributed by atoms with van der Waals surface area (Å²) >= 11 is 0. The Morgan fingerprint density at radius 1 is 1.27 bits per heavy atom. The van der Waals surface area contributed by atoms with Gasteiger partial charge in [-0.25, -0.2) is 0 Å². The van der Waals surface area contributed by atoms with Crippen molar-refractivity contribution in [3.63, 3.8) is 0 Å². The summed E-state index contributed by atoms with van der Waals surface area (Å²) in [6.07, 6.45) is 8.98. The van der Waals surface area contributed by atoms with E-state index in [2.05, 4.69) is 42.5 Å². The number of hydrogen-bond donors (Lipinski definition) is 1. The molecule has 0 heterocycles. The minimum Gasteiger partial charge on any atom is -0.323 e. The van der Waals surface area contributed by atoms with Crippen molar-refractivity contribution in [2.45, 2.75) is 45.3 Å². The summed E-state index contributed by atoms with van der Waals surface area (Å²) in [6, 6.07) is 0. The minimum absolute atomic E-state index is 0.841. The van der Waals surface area contributed by atoms with E-state index >= 15 is 0 Å². The molecule has 2 N–H and O–H groups in total. The summed E-state index contributed by atoms with van der Waals surface area (Å²) in [5.74, 6) is 14.1. The van der Waals surface area contributed by atoms with Gasteiger partial charge in [0.15, 0.2) is 0 Å². The summed E-state index contributed by atoms with van der Waals surface area (Å²) in [4.78, 5) is 0. The van der Waals surface area contributed by atoms with Gasteiger partial charge in [-0.3, -0.25) is 0 Å². The zero-order valence-corrected chi connectivity index (χ0v) is 10.9. The highest BCUT2D eigenvalue weighted by Crippen LogP contribution is 2.03. The Labute approximate surface area is 94.3 Å². The largest absolute Gasteiger partial charge is 0.323 e. The van der Waals surface area contributed by atoms with Gasteiger partial charge in [0.1, 0.15) is 8.07 Å². The van der Waals surface area contributed by atoms with Crippen molar-refractivity contribution in [3.05, 3.63) is 0 Å². The second-order valence-corrected chi connectivity index (χ2v) is 9.41. The first-order valence-corrected chi connectivity index (χ1v) is 8.73. The Morgan fingerprint density at radius 2 is 1.87 bits per heavy atom. The molecule has 0 rings (SSSR count). The lowest BCUT2D eigenvalue weighted by atomic mass is 10.2. The number of terminal acetylenes is 1. The molecule has 0 aliphatic rings. The molecule has 0 saturated carbocycles. The Bertz CT molecular complexity index is 307. The first-order chi connectivity index (χ1) is 7.02. The van der Waals surface area contributed by atoms with E-state index in [0.717, 1.165) is 31.0 Å². The van der Waals surface area contributed by atoms with E-state index in [4.69, 9.17) is 12.3 Å². The Kier molecular flexibility index (Phi) is 6.58. The highest BCUT2D eigenvalue weighted by Gasteiger charge is 2.19. The molecule has 0 fully saturated rings. The molecule has 0 bridgehead atoms. The van der Waals surface area contributed by atoms with E-state index in [1.807, 2.05) is 0 Å². The van der Waals surface area contributed by atoms with Gasteiger partial charge < -0.3 is 5.84 Å². The maximum Gasteiger partial charge on any atom is 0.115 e. The van der Waals surface area contributed by atoms with Crippen LogP contribution >= 0.6 is 0 Å². The minimum atomic E-state index is -1.44. The third-order valence-corrected chi connectivity index (χ3v) is 3.59. The number of nitrogens with zero attached hydrogens (tertiary/aromatic N) is 1. The number of rotatable bonds is 4. The van der Waals surface area contributed by atoms with E-state index in [9.17, 15) is 0 Å². The van der Waals surface area contributed by atoms with Gasteiger partial charge in [-0.15, -0.1) is 12.3 Å². The topological polar surface area (TPSA) is 38.4 Å². The Hall–Kier alpha value is -1.19. The van der Waals surface area contributed by atoms with E-state index in [1.54, 1.807) is 0 Å². The van der Waals surface area contributed by atoms with Crippen LogP contribution in [0.15, 0.2) is 5.10 Å². The Morgan fingerprint density at radius 3 is 2.33 bits per heavy atom. The van der Waals surface area contributed by atoms with Crippen LogP contribution in [0.2, 0.25) is 19.6 Å². The molecule has 0 spiro atoms. The van der Waals surface area contributed by atoms with E-state index in [-0.39, 0.29) is 0 Å². The molecule has 3 heteroatoms. The van der Waals surface area contributed by atoms with Crippen LogP contribution in [0, 0.1) is 24.2 Å². The summed E-state index contributed by atoms with van der Waals surface area (Å²) in [5, 5.41) is 4.65. The average Bonchev–Trinajstić information content (AvgIpc) is 2.15. The molecule has 0 aliphatic heterocycles. The second kappa shape index (κ2) is 7.15. The van der Waals surface area contributed by atoms with Crippen LogP contribution in [0.5, 0.6) is 0 Å². The van der Waals surface area contributed by atoms with Gasteiger partial charge in [0, 0.05) is 12.8 Å². The van der Waals surface area contributed by atoms with Gasteiger partial charge in [0.25, 0.3) is 0 Å². The molecule has 0 aromatic heterocycles. The van der Waals surface area contributed by atoms with Gasteiger partial charge in [-0.2, -0.15) is 5.10 Å². The third-order valence-electron chi connectivity index (χ3n) is 1.92. The van der Waals surface area contributed by atoms with Crippen molar-refractivity contribution < 1.29 is 0 Å². The van der Waals surface area contributed by atoms with Gasteiger partial charge in [-0.1, -0.05) is 31.5 Å². The monoisotopic (exact) mass is 220 g/mol. The zero-order chi connectivity index (χ0) is 11.7. The van der Waals surface area contributed by atoms with Crippen LogP contribution < -0.4 is 5.84 Å². The molecule has 2 nitrogen and oxygen atoms in total. The summed E-state index contributed by atoms with van der Waals surface area (Å²) in [6.45, 7) is 6.56. The molecule has 0 unspecified atom stereocenters. The van der Waals surface area contributed by atoms with Crippen LogP contribution in [0.4, 0.5) is 0 Å². The highest BCUT2D eigenvalue weighted by molar-refractivity contribution is 7.06. The molecule has 0 atom stereocenters. The molecule has 0 radical (unpaired) electrons. The highest BCUT2D eigenvalue weighted by atomic mass is 28.3. The maximum atomic E-state index is 5.31. The second-order valence-electron chi connectivity index (χ2n) is 4.44. The van der Waals surface area contributed by atoms with Gasteiger partial charge >= 0.3 is 0 Å². The number of nitrogens with two attached hydrogens (primary N) is 1. The fourth-order valence-electron chi connectivity index (χ4n) is 1.00. The summed E-state index contributed by atoms with van der Waals surface area (Å²) in [5.41, 5.74) is 0. The zero-order valence-electron chi connectivity index (χ0n) is 9.93. The molecule has 0 saturated heterocycles. The van der Waals surface area contributed by atoms with Crippen LogP contribution in [0.1, 0.15) is 25.7 Å². The van der Waals surface area contributed by atoms with Crippen LogP contribution in [0.25, 0.3) is 0 Å². The smallest absolute Gasteiger partial charge is 0.115 e. The first-order valence-electron chi connectivity index (χ1n) is 5.23. The van der Waals surface area contributed by atoms with Gasteiger partial charge in [0.2, 0.25) is 0 Å². The Balaban J connectivity index is 4.01. The normalized spacial score (nSPS) is 11.5. The quantitative estimate of drug-likeness (QED) is 0.194. The molecule has 0 aliphatic carbocycles. The van der Waals surface area contributed by atoms with Crippen LogP contribution in [0.3, 0.4) is 0 Å². The number of hydrogen-bond acceptors (Lipinski definition) is 2. The lowest BCUT2D eigenvalue weighted by Gasteiger charge is -2.12. The van der Waals surface area contributed by atoms with E-state index in [0.29, 0.717) is 0 Å². The van der Waals surface area contributed by atoms with Crippen LogP contribution in [-0.4, -0.2) is 13.4 Å². The third kappa shape index (κ3) is 6.82. The SMILES string of the molecule is C#CCCCCC#C/C(=N\N)[Si](C)(C)C. The van der Waals surface area contributed by atoms with Crippen molar-refractivity contribution in [2.75, 3.05) is 0 Å². The molecular weight excluding hydrogens is 200 g/mol. The predicted octanol–water partition coefficient (Wildman–Crippen LogP) is 2.38. The maximum absolute atomic E-state index is 5.31. The van der Waals surface area contributed by atoms with Gasteiger partial charge in [0.05, 0.1) is 5.33 Å². The lowest BCUT2D eigenvalue weighted by Crippen LogP contribution is -2.33. The summed E-state index contributed by atoms with van der Waals surface area (Å²) in [7, 11) is -1.44. The van der Waals surface area contributed by atoms with Gasteiger partial charge in [-0.05, 0) is 12.8 Å². The molecular formula is C12H20N2Si. The van der Waals surface area contributed by atoms with Crippen molar-refractivity contribution in [2.24, 2.45) is 10.9 Å². The molecule has 0 aromatic rings. The average molecular weight is 220 g/mol. The number of unbranched alkanes of at least 4 members (excludes halogenated alkanes) is 3. The standard InChI is InChI=1S/C12H20N2Si/c1-5-6-7-8-9-10-11-12(14-13)15(2,3)4/h1H,6-9,13H2,2-4H3/b14-12+. The first kappa shape index (κ1) is 13.8. The number of hydrazone groups is 1.